The van der Waals surface area contributed by atoms with Gasteiger partial charge in [-0.15, -0.1) is 11.3 Å². The second kappa shape index (κ2) is 9.80. The number of aliphatic hydroxyl groups excluding tert-OH is 1. The van der Waals surface area contributed by atoms with Crippen molar-refractivity contribution in [1.82, 2.24) is 0 Å². The number of carbonyl (C=O) groups excluding carboxylic acids is 3. The summed E-state index contributed by atoms with van der Waals surface area (Å²) in [6, 6.07) is -1.06. The second-order valence-corrected chi connectivity index (χ2v) is 14.0. The number of ketones is 1. The van der Waals surface area contributed by atoms with Crippen molar-refractivity contribution in [3.05, 3.63) is 38.8 Å². The van der Waals surface area contributed by atoms with Crippen LogP contribution in [0.4, 0.5) is 13.2 Å². The van der Waals surface area contributed by atoms with Crippen LogP contribution in [-0.4, -0.2) is 52.5 Å². The Morgan fingerprint density at radius 3 is 2.58 bits per heavy atom. The average molecular weight is 619 g/mol. The lowest BCUT2D eigenvalue weighted by atomic mass is 9.44. The molecule has 0 aromatic carbocycles. The van der Waals surface area contributed by atoms with E-state index in [4.69, 9.17) is 21.1 Å². The Balaban J connectivity index is 1.61. The summed E-state index contributed by atoms with van der Waals surface area (Å²) in [5.74, 6) is -4.27. The van der Waals surface area contributed by atoms with Crippen molar-refractivity contribution in [3.63, 3.8) is 0 Å². The first-order valence-corrected chi connectivity index (χ1v) is 15.2. The number of allylic oxidation sites excluding steroid dienone is 3. The number of aliphatic hydroxyl groups is 1. The third kappa shape index (κ3) is 3.65. The van der Waals surface area contributed by atoms with Crippen molar-refractivity contribution in [2.24, 2.45) is 28.6 Å². The summed E-state index contributed by atoms with van der Waals surface area (Å²) in [6.07, 6.45) is 0.0799. The van der Waals surface area contributed by atoms with Crippen LogP contribution in [0, 0.1) is 28.6 Å². The van der Waals surface area contributed by atoms with Gasteiger partial charge in [-0.25, -0.2) is 18.0 Å². The van der Waals surface area contributed by atoms with Crippen LogP contribution >= 0.6 is 34.7 Å². The van der Waals surface area contributed by atoms with E-state index in [1.165, 1.54) is 19.4 Å². The molecule has 0 bridgehead atoms. The summed E-state index contributed by atoms with van der Waals surface area (Å²) in [7, 11) is 1.34. The summed E-state index contributed by atoms with van der Waals surface area (Å²) in [4.78, 5) is 40.5. The van der Waals surface area contributed by atoms with Crippen molar-refractivity contribution >= 4 is 51.6 Å². The molecule has 0 spiro atoms. The monoisotopic (exact) mass is 618 g/mol. The molecule has 40 heavy (non-hydrogen) atoms. The minimum atomic E-state index is -2.18. The molecule has 0 radical (unpaired) electrons. The number of methoxy groups -OCH3 is 1. The van der Waals surface area contributed by atoms with Gasteiger partial charge in [-0.3, -0.25) is 9.59 Å². The fraction of sp³-hybridized carbons (Fsp3) is 0.607. The molecule has 6 nitrogen and oxygen atoms in total. The normalized spacial score (nSPS) is 40.4. The smallest absolute Gasteiger partial charge is 0.343 e. The third-order valence-electron chi connectivity index (χ3n) is 10.2. The highest BCUT2D eigenvalue weighted by molar-refractivity contribution is 8.13. The van der Waals surface area contributed by atoms with E-state index in [0.717, 1.165) is 23.5 Å². The minimum Gasteiger partial charge on any atom is -0.508 e. The first-order chi connectivity index (χ1) is 18.7. The molecule has 4 aliphatic rings. The zero-order valence-electron chi connectivity index (χ0n) is 22.4. The maximum Gasteiger partial charge on any atom is 0.343 e. The molecule has 4 aliphatic carbocycles. The lowest BCUT2D eigenvalue weighted by molar-refractivity contribution is -0.187. The Labute approximate surface area is 243 Å². The number of hydrogen-bond donors (Lipinski definition) is 1. The molecular weight excluding hydrogens is 589 g/mol. The first-order valence-electron chi connectivity index (χ1n) is 13.0. The van der Waals surface area contributed by atoms with Crippen LogP contribution in [0.1, 0.15) is 56.8 Å². The molecule has 1 aromatic heterocycles. The Kier molecular flexibility index (Phi) is 7.23. The van der Waals surface area contributed by atoms with E-state index in [2.05, 4.69) is 0 Å². The Bertz CT molecular complexity index is 1350. The first kappa shape index (κ1) is 29.5. The van der Waals surface area contributed by atoms with E-state index in [0.29, 0.717) is 11.8 Å². The highest BCUT2D eigenvalue weighted by atomic mass is 35.5. The summed E-state index contributed by atoms with van der Waals surface area (Å²) < 4.78 is 58.4. The fourth-order valence-electron chi connectivity index (χ4n) is 8.21. The number of carbonyl (C=O) groups is 3. The van der Waals surface area contributed by atoms with Crippen LogP contribution in [0.2, 0.25) is 4.34 Å². The van der Waals surface area contributed by atoms with E-state index < -0.39 is 74.7 Å². The number of thiophene rings is 1. The molecule has 0 aliphatic heterocycles. The van der Waals surface area contributed by atoms with Crippen molar-refractivity contribution in [1.29, 1.82) is 0 Å². The zero-order chi connectivity index (χ0) is 29.4. The van der Waals surface area contributed by atoms with Crippen molar-refractivity contribution in [3.8, 4) is 5.75 Å². The molecule has 0 unspecified atom stereocenters. The predicted molar refractivity (Wildman–Crippen MR) is 146 cm³/mol. The van der Waals surface area contributed by atoms with Gasteiger partial charge in [0.2, 0.25) is 5.12 Å². The lowest BCUT2D eigenvalue weighted by Gasteiger charge is -2.61. The van der Waals surface area contributed by atoms with Crippen LogP contribution in [0.5, 0.6) is 5.75 Å². The maximum absolute atomic E-state index is 17.4. The largest absolute Gasteiger partial charge is 0.508 e. The van der Waals surface area contributed by atoms with Gasteiger partial charge in [0.05, 0.1) is 12.5 Å². The molecule has 1 N–H and O–H groups in total. The Morgan fingerprint density at radius 2 is 1.93 bits per heavy atom. The summed E-state index contributed by atoms with van der Waals surface area (Å²) in [6.45, 7) is 4.80. The lowest BCUT2D eigenvalue weighted by Crippen LogP contribution is -2.67. The van der Waals surface area contributed by atoms with E-state index in [1.807, 2.05) is 0 Å². The number of alkyl halides is 3. The summed E-state index contributed by atoms with van der Waals surface area (Å²) in [5.41, 5.74) is -7.15. The number of halogens is 4. The number of ether oxygens (including phenoxy) is 2. The van der Waals surface area contributed by atoms with Gasteiger partial charge < -0.3 is 14.6 Å². The number of rotatable bonds is 5. The number of esters is 1. The number of thioether (sulfide) groups is 1. The molecule has 3 fully saturated rings. The quantitative estimate of drug-likeness (QED) is 0.356. The Morgan fingerprint density at radius 1 is 1.23 bits per heavy atom. The van der Waals surface area contributed by atoms with Gasteiger partial charge in [-0.1, -0.05) is 25.4 Å². The Hall–Kier alpha value is -1.98. The number of fused-ring (bicyclic) bond motifs is 5. The van der Waals surface area contributed by atoms with Gasteiger partial charge in [0.25, 0.3) is 0 Å². The van der Waals surface area contributed by atoms with Crippen LogP contribution in [0.3, 0.4) is 0 Å². The van der Waals surface area contributed by atoms with Crippen molar-refractivity contribution in [2.75, 3.05) is 13.1 Å². The molecule has 8 atom stereocenters. The van der Waals surface area contributed by atoms with E-state index in [-0.39, 0.29) is 46.9 Å². The molecule has 1 heterocycles. The van der Waals surface area contributed by atoms with Crippen LogP contribution in [0.25, 0.3) is 0 Å². The summed E-state index contributed by atoms with van der Waals surface area (Å²) in [5, 5.41) is 10.7. The van der Waals surface area contributed by atoms with Crippen LogP contribution < -0.4 is 4.74 Å². The van der Waals surface area contributed by atoms with E-state index in [9.17, 15) is 23.9 Å². The second-order valence-electron chi connectivity index (χ2n) is 11.6. The topological polar surface area (TPSA) is 89.9 Å². The molecule has 3 saturated carbocycles. The number of hydrogen-bond acceptors (Lipinski definition) is 8. The molecule has 0 saturated heterocycles. The van der Waals surface area contributed by atoms with Gasteiger partial charge >= 0.3 is 5.97 Å². The fourth-order valence-corrected chi connectivity index (χ4v) is 10.0. The van der Waals surface area contributed by atoms with Gasteiger partial charge in [0, 0.05) is 28.7 Å². The molecule has 218 valence electrons. The van der Waals surface area contributed by atoms with E-state index >= 15 is 8.78 Å². The summed E-state index contributed by atoms with van der Waals surface area (Å²) >= 11 is 7.58. The van der Waals surface area contributed by atoms with Crippen LogP contribution in [0.15, 0.2) is 28.9 Å². The third-order valence-corrected chi connectivity index (χ3v) is 12.1. The molecule has 5 rings (SSSR count). The standard InChI is InChI=1S/C28H30ClF3O6S2/c1-13-7-16-17-10-19(31)18-8-14(33)9-20(34)26(18,3)27(17,32)6-5-25(16,2)28(13,24(36)40-12-30)38-23(35)15-11-39-22(29)21(15)37-4/h8-9,11,13,16-17,19,33H,5-7,10,12H2,1-4H3/t13-,16+,17+,19+,25+,26-,27-,28+/m1/s1. The predicted octanol–water partition coefficient (Wildman–Crippen LogP) is 6.97. The average Bonchev–Trinajstić information content (AvgIpc) is 3.37. The van der Waals surface area contributed by atoms with Crippen LogP contribution in [-0.2, 0) is 14.3 Å². The van der Waals surface area contributed by atoms with Gasteiger partial charge in [-0.2, -0.15) is 0 Å². The van der Waals surface area contributed by atoms with Crippen molar-refractivity contribution < 1.29 is 42.1 Å². The SMILES string of the molecule is COc1c(C(=O)O[C@]2(C(=O)SCF)[C@H](C)C[C@H]3[C@@H]4C[C@H](F)C5=CC(O)=CC(=O)[C@]5(C)[C@@]4(F)CC[C@@]32C)csc1Cl. The van der Waals surface area contributed by atoms with Gasteiger partial charge in [0.15, 0.2) is 17.1 Å². The van der Waals surface area contributed by atoms with Gasteiger partial charge in [0.1, 0.15) is 33.5 Å². The maximum atomic E-state index is 17.4. The van der Waals surface area contributed by atoms with Crippen molar-refractivity contribution in [2.45, 2.75) is 63.9 Å². The molecule has 1 aromatic rings. The molecule has 12 heteroatoms. The highest BCUT2D eigenvalue weighted by Crippen LogP contribution is 2.72. The molecular formula is C28H30ClF3O6S2. The highest BCUT2D eigenvalue weighted by Gasteiger charge is 2.77. The minimum absolute atomic E-state index is 0.00740. The van der Waals surface area contributed by atoms with E-state index in [1.54, 1.807) is 13.8 Å². The molecule has 0 amide bonds. The zero-order valence-corrected chi connectivity index (χ0v) is 24.8. The van der Waals surface area contributed by atoms with Gasteiger partial charge in [-0.05, 0) is 61.9 Å².